The van der Waals surface area contributed by atoms with E-state index in [2.05, 4.69) is 17.3 Å². The number of aryl methyl sites for hydroxylation is 1. The van der Waals surface area contributed by atoms with E-state index in [9.17, 15) is 4.21 Å². The van der Waals surface area contributed by atoms with E-state index in [0.29, 0.717) is 11.8 Å². The molecular weight excluding hydrogens is 364 g/mol. The van der Waals surface area contributed by atoms with Gasteiger partial charge in [0.25, 0.3) is 0 Å². The molecule has 2 saturated heterocycles. The van der Waals surface area contributed by atoms with E-state index in [1.165, 1.54) is 0 Å². The van der Waals surface area contributed by atoms with Gasteiger partial charge in [-0.15, -0.1) is 0 Å². The highest BCUT2D eigenvalue weighted by Gasteiger charge is 2.28. The zero-order chi connectivity index (χ0) is 18.6. The summed E-state index contributed by atoms with van der Waals surface area (Å²) in [5, 5.41) is 3.55. The molecule has 1 aromatic rings. The van der Waals surface area contributed by atoms with Crippen molar-refractivity contribution in [1.82, 2.24) is 9.97 Å². The zero-order valence-corrected chi connectivity index (χ0v) is 16.9. The lowest BCUT2D eigenvalue weighted by Crippen LogP contribution is -2.30. The van der Waals surface area contributed by atoms with Crippen LogP contribution in [0.25, 0.3) is 0 Å². The van der Waals surface area contributed by atoms with Crippen molar-refractivity contribution in [2.45, 2.75) is 49.5 Å². The first-order valence-corrected chi connectivity index (χ1v) is 11.4. The van der Waals surface area contributed by atoms with Crippen LogP contribution in [0.15, 0.2) is 4.90 Å². The van der Waals surface area contributed by atoms with Crippen molar-refractivity contribution in [3.8, 4) is 0 Å². The van der Waals surface area contributed by atoms with Gasteiger partial charge in [-0.2, -0.15) is 4.98 Å². The van der Waals surface area contributed by atoms with E-state index in [1.807, 2.05) is 0 Å². The van der Waals surface area contributed by atoms with Crippen molar-refractivity contribution in [3.05, 3.63) is 5.69 Å². The van der Waals surface area contributed by atoms with Gasteiger partial charge in [0, 0.05) is 58.2 Å². The second-order valence-corrected chi connectivity index (χ2v) is 9.25. The van der Waals surface area contributed by atoms with Crippen molar-refractivity contribution < 1.29 is 13.7 Å². The van der Waals surface area contributed by atoms with Crippen LogP contribution in [0.2, 0.25) is 0 Å². The fraction of sp³-hybridized carbons (Fsp3) is 0.789. The fourth-order valence-corrected chi connectivity index (χ4v) is 5.31. The Labute approximate surface area is 163 Å². The number of aromatic nitrogens is 2. The molecule has 1 unspecified atom stereocenters. The van der Waals surface area contributed by atoms with E-state index in [-0.39, 0.29) is 0 Å². The van der Waals surface area contributed by atoms with E-state index < -0.39 is 10.8 Å². The highest BCUT2D eigenvalue weighted by Crippen LogP contribution is 2.31. The first-order chi connectivity index (χ1) is 13.2. The molecule has 0 spiro atoms. The quantitative estimate of drug-likeness (QED) is 0.791. The summed E-state index contributed by atoms with van der Waals surface area (Å²) in [6.45, 7) is 4.24. The average molecular weight is 395 g/mol. The lowest BCUT2D eigenvalue weighted by Gasteiger charge is -2.27. The van der Waals surface area contributed by atoms with Gasteiger partial charge in [-0.05, 0) is 38.0 Å². The van der Waals surface area contributed by atoms with Crippen molar-refractivity contribution in [3.63, 3.8) is 0 Å². The van der Waals surface area contributed by atoms with Gasteiger partial charge in [0.05, 0.1) is 16.5 Å². The van der Waals surface area contributed by atoms with Crippen molar-refractivity contribution in [1.29, 1.82) is 0 Å². The topological polar surface area (TPSA) is 76.6 Å². The molecule has 8 heteroatoms. The molecule has 4 rings (SSSR count). The van der Waals surface area contributed by atoms with Gasteiger partial charge in [-0.25, -0.2) is 4.98 Å². The Balaban J connectivity index is 1.48. The summed E-state index contributed by atoms with van der Waals surface area (Å²) in [6, 6.07) is 0.329. The summed E-state index contributed by atoms with van der Waals surface area (Å²) in [4.78, 5) is 12.5. The number of nitrogens with zero attached hydrogens (tertiary/aromatic N) is 3. The Morgan fingerprint density at radius 3 is 2.56 bits per heavy atom. The Kier molecular flexibility index (Phi) is 6.24. The molecule has 7 nitrogen and oxygen atoms in total. The molecule has 0 bridgehead atoms. The molecule has 0 saturated carbocycles. The normalized spacial score (nSPS) is 24.0. The molecule has 150 valence electrons. The maximum Gasteiger partial charge on any atom is 0.227 e. The summed E-state index contributed by atoms with van der Waals surface area (Å²) < 4.78 is 23.4. The molecular formula is C19H30N4O3S. The first kappa shape index (κ1) is 19.1. The molecule has 1 aromatic heterocycles. The smallest absolute Gasteiger partial charge is 0.227 e. The van der Waals surface area contributed by atoms with Crippen LogP contribution in [-0.2, 0) is 26.7 Å². The summed E-state index contributed by atoms with van der Waals surface area (Å²) in [7, 11) is 1.07. The first-order valence-electron chi connectivity index (χ1n) is 10.1. The van der Waals surface area contributed by atoms with Gasteiger partial charge in [-0.3, -0.25) is 4.21 Å². The van der Waals surface area contributed by atoms with E-state index in [0.717, 1.165) is 99.8 Å². The SMILES string of the molecule is CN(CCC1CCOCC1)c1nc2c(c(NC3CCOCC3)n1)S(=O)CC2. The maximum absolute atomic E-state index is 12.5. The standard InChI is InChI=1S/C19H30N4O3S/c1-23(8-2-14-3-9-25-10-4-14)19-21-16-7-13-27(24)17(16)18(22-19)20-15-5-11-26-12-6-15/h14-15H,2-13H2,1H3,(H,20,21,22). The van der Waals surface area contributed by atoms with E-state index in [1.54, 1.807) is 0 Å². The highest BCUT2D eigenvalue weighted by atomic mass is 32.2. The number of rotatable bonds is 6. The van der Waals surface area contributed by atoms with Gasteiger partial charge in [0.2, 0.25) is 5.95 Å². The predicted octanol–water partition coefficient (Wildman–Crippen LogP) is 1.98. The van der Waals surface area contributed by atoms with Crippen LogP contribution in [0, 0.1) is 5.92 Å². The van der Waals surface area contributed by atoms with Gasteiger partial charge in [-0.1, -0.05) is 0 Å². The van der Waals surface area contributed by atoms with Gasteiger partial charge < -0.3 is 19.7 Å². The van der Waals surface area contributed by atoms with Crippen LogP contribution in [0.5, 0.6) is 0 Å². The minimum absolute atomic E-state index is 0.329. The fourth-order valence-electron chi connectivity index (χ4n) is 4.00. The molecule has 2 fully saturated rings. The van der Waals surface area contributed by atoms with E-state index in [4.69, 9.17) is 19.4 Å². The van der Waals surface area contributed by atoms with Crippen LogP contribution in [0.4, 0.5) is 11.8 Å². The number of anilines is 2. The van der Waals surface area contributed by atoms with Gasteiger partial charge in [0.1, 0.15) is 10.7 Å². The van der Waals surface area contributed by atoms with Crippen LogP contribution < -0.4 is 10.2 Å². The number of ether oxygens (including phenoxy) is 2. The highest BCUT2D eigenvalue weighted by molar-refractivity contribution is 7.85. The van der Waals surface area contributed by atoms with Crippen LogP contribution in [0.3, 0.4) is 0 Å². The monoisotopic (exact) mass is 394 g/mol. The second kappa shape index (κ2) is 8.84. The van der Waals surface area contributed by atoms with Crippen LogP contribution in [-0.4, -0.2) is 66.0 Å². The molecule has 1 N–H and O–H groups in total. The van der Waals surface area contributed by atoms with Crippen LogP contribution >= 0.6 is 0 Å². The Morgan fingerprint density at radius 2 is 1.81 bits per heavy atom. The summed E-state index contributed by atoms with van der Waals surface area (Å²) in [6.07, 6.45) is 6.12. The third-order valence-corrected chi connectivity index (χ3v) is 7.25. The third-order valence-electron chi connectivity index (χ3n) is 5.79. The molecule has 3 aliphatic rings. The minimum Gasteiger partial charge on any atom is -0.381 e. The van der Waals surface area contributed by atoms with E-state index >= 15 is 0 Å². The molecule has 4 heterocycles. The van der Waals surface area contributed by atoms with Gasteiger partial charge >= 0.3 is 0 Å². The molecule has 1 atom stereocenters. The zero-order valence-electron chi connectivity index (χ0n) is 16.1. The van der Waals surface area contributed by atoms with Crippen molar-refractivity contribution in [2.24, 2.45) is 5.92 Å². The minimum atomic E-state index is -0.994. The molecule has 0 aliphatic carbocycles. The maximum atomic E-state index is 12.5. The number of hydrogen-bond acceptors (Lipinski definition) is 7. The number of hydrogen-bond donors (Lipinski definition) is 1. The summed E-state index contributed by atoms with van der Waals surface area (Å²) >= 11 is 0. The predicted molar refractivity (Wildman–Crippen MR) is 106 cm³/mol. The lowest BCUT2D eigenvalue weighted by atomic mass is 9.96. The second-order valence-electron chi connectivity index (χ2n) is 7.74. The third kappa shape index (κ3) is 4.60. The van der Waals surface area contributed by atoms with Crippen LogP contribution in [0.1, 0.15) is 37.8 Å². The number of nitrogens with one attached hydrogen (secondary N) is 1. The van der Waals surface area contributed by atoms with Gasteiger partial charge in [0.15, 0.2) is 0 Å². The van der Waals surface area contributed by atoms with Crippen molar-refractivity contribution in [2.75, 3.05) is 56.0 Å². The Morgan fingerprint density at radius 1 is 1.11 bits per heavy atom. The molecule has 3 aliphatic heterocycles. The molecule has 0 amide bonds. The molecule has 0 radical (unpaired) electrons. The lowest BCUT2D eigenvalue weighted by molar-refractivity contribution is 0.0645. The molecule has 0 aromatic carbocycles. The average Bonchev–Trinajstić information content (AvgIpc) is 3.09. The Bertz CT molecular complexity index is 675. The largest absolute Gasteiger partial charge is 0.381 e. The summed E-state index contributed by atoms with van der Waals surface area (Å²) in [5.41, 5.74) is 0.950. The van der Waals surface area contributed by atoms with Crippen molar-refractivity contribution >= 4 is 22.6 Å². The summed E-state index contributed by atoms with van der Waals surface area (Å²) in [5.74, 6) is 2.90. The Hall–Kier alpha value is -1.25. The number of fused-ring (bicyclic) bond motifs is 1. The molecule has 27 heavy (non-hydrogen) atoms.